The molecule has 0 saturated heterocycles. The van der Waals surface area contributed by atoms with Gasteiger partial charge >= 0.3 is 0 Å². The van der Waals surface area contributed by atoms with Gasteiger partial charge in [-0.25, -0.2) is 15.0 Å². The Balaban J connectivity index is 2.13. The molecule has 2 heterocycles. The molecule has 2 aromatic rings. The van der Waals surface area contributed by atoms with Crippen LogP contribution in [0, 0.1) is 5.92 Å². The van der Waals surface area contributed by atoms with Crippen LogP contribution >= 0.6 is 11.8 Å². The molecule has 0 aliphatic heterocycles. The summed E-state index contributed by atoms with van der Waals surface area (Å²) in [4.78, 5) is 36.5. The SMILES string of the molecule is CSc1ncc2c(=O)n(CC(=O)NCCC(C)C)cnc2n1. The van der Waals surface area contributed by atoms with Gasteiger partial charge in [0.05, 0.1) is 0 Å². The molecule has 0 bridgehead atoms. The molecule has 0 fully saturated rings. The molecule has 118 valence electrons. The van der Waals surface area contributed by atoms with E-state index in [2.05, 4.69) is 34.1 Å². The molecule has 0 atom stereocenters. The summed E-state index contributed by atoms with van der Waals surface area (Å²) in [5.41, 5.74) is 0.0393. The van der Waals surface area contributed by atoms with Crippen LogP contribution in [0.2, 0.25) is 0 Å². The second-order valence-corrected chi connectivity index (χ2v) is 6.08. The van der Waals surface area contributed by atoms with Crippen molar-refractivity contribution in [2.24, 2.45) is 5.92 Å². The molecule has 7 nitrogen and oxygen atoms in total. The van der Waals surface area contributed by atoms with Crippen LogP contribution in [0.25, 0.3) is 11.0 Å². The van der Waals surface area contributed by atoms with Crippen LogP contribution in [0.3, 0.4) is 0 Å². The van der Waals surface area contributed by atoms with Crippen molar-refractivity contribution in [1.29, 1.82) is 0 Å². The molecular formula is C14H19N5O2S. The number of carbonyl (C=O) groups excluding carboxylic acids is 1. The number of hydrogen-bond donors (Lipinski definition) is 1. The minimum atomic E-state index is -0.309. The summed E-state index contributed by atoms with van der Waals surface area (Å²) >= 11 is 1.38. The minimum Gasteiger partial charge on any atom is -0.355 e. The third kappa shape index (κ3) is 4.03. The lowest BCUT2D eigenvalue weighted by atomic mass is 10.1. The Kier molecular flexibility index (Phi) is 5.48. The average molecular weight is 321 g/mol. The Morgan fingerprint density at radius 2 is 2.18 bits per heavy atom. The van der Waals surface area contributed by atoms with Gasteiger partial charge in [-0.15, -0.1) is 0 Å². The van der Waals surface area contributed by atoms with E-state index in [1.54, 1.807) is 0 Å². The Labute approximate surface area is 132 Å². The maximum atomic E-state index is 12.3. The molecule has 8 heteroatoms. The van der Waals surface area contributed by atoms with Crippen molar-refractivity contribution in [3.63, 3.8) is 0 Å². The largest absolute Gasteiger partial charge is 0.355 e. The van der Waals surface area contributed by atoms with E-state index in [1.165, 1.54) is 28.9 Å². The van der Waals surface area contributed by atoms with Gasteiger partial charge in [0.25, 0.3) is 5.56 Å². The first-order chi connectivity index (χ1) is 10.5. The third-order valence-corrected chi connectivity index (χ3v) is 3.66. The molecule has 1 N–H and O–H groups in total. The average Bonchev–Trinajstić information content (AvgIpc) is 2.49. The fourth-order valence-corrected chi connectivity index (χ4v) is 2.20. The van der Waals surface area contributed by atoms with Crippen LogP contribution in [0.5, 0.6) is 0 Å². The highest BCUT2D eigenvalue weighted by Crippen LogP contribution is 2.10. The van der Waals surface area contributed by atoms with E-state index in [0.29, 0.717) is 28.7 Å². The second kappa shape index (κ2) is 7.35. The molecular weight excluding hydrogens is 302 g/mol. The van der Waals surface area contributed by atoms with Crippen LogP contribution in [-0.2, 0) is 11.3 Å². The number of thioether (sulfide) groups is 1. The molecule has 2 rings (SSSR count). The molecule has 0 spiro atoms. The van der Waals surface area contributed by atoms with E-state index in [9.17, 15) is 9.59 Å². The summed E-state index contributed by atoms with van der Waals surface area (Å²) in [5.74, 6) is 0.318. The number of hydrogen-bond acceptors (Lipinski definition) is 6. The van der Waals surface area contributed by atoms with Crippen molar-refractivity contribution in [2.45, 2.75) is 32.0 Å². The van der Waals surface area contributed by atoms with E-state index < -0.39 is 0 Å². The van der Waals surface area contributed by atoms with E-state index in [-0.39, 0.29) is 18.0 Å². The fraction of sp³-hybridized carbons (Fsp3) is 0.500. The lowest BCUT2D eigenvalue weighted by Gasteiger charge is -2.09. The molecule has 0 saturated carbocycles. The van der Waals surface area contributed by atoms with Gasteiger partial charge in [0.2, 0.25) is 5.91 Å². The van der Waals surface area contributed by atoms with Crippen LogP contribution in [0.4, 0.5) is 0 Å². The lowest BCUT2D eigenvalue weighted by Crippen LogP contribution is -2.33. The highest BCUT2D eigenvalue weighted by atomic mass is 32.2. The summed E-state index contributed by atoms with van der Waals surface area (Å²) in [7, 11) is 0. The molecule has 0 radical (unpaired) electrons. The molecule has 0 unspecified atom stereocenters. The zero-order valence-electron chi connectivity index (χ0n) is 12.9. The number of fused-ring (bicyclic) bond motifs is 1. The quantitative estimate of drug-likeness (QED) is 0.632. The number of nitrogens with zero attached hydrogens (tertiary/aromatic N) is 4. The number of rotatable bonds is 6. The fourth-order valence-electron chi connectivity index (χ4n) is 1.86. The minimum absolute atomic E-state index is 0.0514. The van der Waals surface area contributed by atoms with Gasteiger partial charge in [-0.1, -0.05) is 25.6 Å². The van der Waals surface area contributed by atoms with Gasteiger partial charge in [0.15, 0.2) is 10.8 Å². The molecule has 22 heavy (non-hydrogen) atoms. The summed E-state index contributed by atoms with van der Waals surface area (Å²) in [5, 5.41) is 3.67. The van der Waals surface area contributed by atoms with Gasteiger partial charge in [-0.05, 0) is 18.6 Å². The van der Waals surface area contributed by atoms with E-state index in [0.717, 1.165) is 6.42 Å². The van der Waals surface area contributed by atoms with E-state index >= 15 is 0 Å². The van der Waals surface area contributed by atoms with Crippen molar-refractivity contribution in [3.05, 3.63) is 22.9 Å². The Morgan fingerprint density at radius 3 is 2.86 bits per heavy atom. The highest BCUT2D eigenvalue weighted by molar-refractivity contribution is 7.98. The van der Waals surface area contributed by atoms with Crippen LogP contribution < -0.4 is 10.9 Å². The molecule has 1 amide bonds. The molecule has 0 aliphatic rings. The first-order valence-corrected chi connectivity index (χ1v) is 8.26. The van der Waals surface area contributed by atoms with Crippen LogP contribution in [0.15, 0.2) is 22.5 Å². The summed E-state index contributed by atoms with van der Waals surface area (Å²) < 4.78 is 1.27. The standard InChI is InChI=1S/C14H19N5O2S/c1-9(2)4-5-15-11(20)7-19-8-17-12-10(13(19)21)6-16-14(18-12)22-3/h6,8-9H,4-5,7H2,1-3H3,(H,15,20). The van der Waals surface area contributed by atoms with Crippen molar-refractivity contribution in [1.82, 2.24) is 24.8 Å². The number of nitrogens with one attached hydrogen (secondary N) is 1. The van der Waals surface area contributed by atoms with Gasteiger partial charge in [0.1, 0.15) is 18.3 Å². The number of carbonyl (C=O) groups is 1. The molecule has 2 aromatic heterocycles. The highest BCUT2D eigenvalue weighted by Gasteiger charge is 2.10. The predicted molar refractivity (Wildman–Crippen MR) is 85.8 cm³/mol. The van der Waals surface area contributed by atoms with Crippen LogP contribution in [-0.4, -0.2) is 38.2 Å². The number of amides is 1. The van der Waals surface area contributed by atoms with Crippen molar-refractivity contribution in [2.75, 3.05) is 12.8 Å². The van der Waals surface area contributed by atoms with E-state index in [1.807, 2.05) is 6.26 Å². The summed E-state index contributed by atoms with van der Waals surface area (Å²) in [6.07, 6.45) is 5.56. The van der Waals surface area contributed by atoms with Gasteiger partial charge in [-0.2, -0.15) is 0 Å². The molecule has 0 aliphatic carbocycles. The smallest absolute Gasteiger partial charge is 0.264 e. The maximum absolute atomic E-state index is 12.3. The van der Waals surface area contributed by atoms with Crippen LogP contribution in [0.1, 0.15) is 20.3 Å². The third-order valence-electron chi connectivity index (χ3n) is 3.10. The van der Waals surface area contributed by atoms with Gasteiger partial charge < -0.3 is 5.32 Å². The van der Waals surface area contributed by atoms with Crippen molar-refractivity contribution >= 4 is 28.7 Å². The predicted octanol–water partition coefficient (Wildman–Crippen LogP) is 1.07. The Bertz CT molecular complexity index is 729. The first-order valence-electron chi connectivity index (χ1n) is 7.04. The zero-order chi connectivity index (χ0) is 16.1. The lowest BCUT2D eigenvalue weighted by molar-refractivity contribution is -0.121. The zero-order valence-corrected chi connectivity index (χ0v) is 13.7. The van der Waals surface area contributed by atoms with Crippen molar-refractivity contribution < 1.29 is 4.79 Å². The summed E-state index contributed by atoms with van der Waals surface area (Å²) in [6, 6.07) is 0. The van der Waals surface area contributed by atoms with Gasteiger partial charge in [0, 0.05) is 12.7 Å². The first kappa shape index (κ1) is 16.4. The Morgan fingerprint density at radius 1 is 1.41 bits per heavy atom. The van der Waals surface area contributed by atoms with E-state index in [4.69, 9.17) is 0 Å². The maximum Gasteiger partial charge on any atom is 0.264 e. The topological polar surface area (TPSA) is 89.8 Å². The monoisotopic (exact) mass is 321 g/mol. The Hall–Kier alpha value is -1.96. The second-order valence-electron chi connectivity index (χ2n) is 5.30. The number of aromatic nitrogens is 4. The van der Waals surface area contributed by atoms with Crippen molar-refractivity contribution in [3.8, 4) is 0 Å². The van der Waals surface area contributed by atoms with Gasteiger partial charge in [-0.3, -0.25) is 14.2 Å². The normalized spacial score (nSPS) is 11.1. The molecule has 0 aromatic carbocycles. The summed E-state index contributed by atoms with van der Waals surface area (Å²) in [6.45, 7) is 4.73.